The second-order valence-electron chi connectivity index (χ2n) is 9.75. The number of esters is 1. The van der Waals surface area contributed by atoms with Crippen LogP contribution in [-0.4, -0.2) is 35.9 Å². The Bertz CT molecular complexity index is 1790. The Morgan fingerprint density at radius 1 is 0.844 bits per heavy atom. The van der Waals surface area contributed by atoms with Crippen LogP contribution in [0.25, 0.3) is 11.0 Å². The summed E-state index contributed by atoms with van der Waals surface area (Å²) in [5.41, 5.74) is -0.841. The second kappa shape index (κ2) is 13.8. The fraction of sp³-hybridized carbons (Fsp3) is 0.111. The lowest BCUT2D eigenvalue weighted by molar-refractivity contribution is 0.0526. The monoisotopic (exact) mass is 637 g/mol. The Balaban J connectivity index is 1.97. The van der Waals surface area contributed by atoms with Gasteiger partial charge < -0.3 is 24.4 Å². The van der Waals surface area contributed by atoms with E-state index in [1.807, 2.05) is 96.9 Å². The van der Waals surface area contributed by atoms with Gasteiger partial charge in [-0.05, 0) is 68.4 Å². The molecule has 7 nitrogen and oxygen atoms in total. The van der Waals surface area contributed by atoms with Crippen molar-refractivity contribution in [2.45, 2.75) is 13.8 Å². The van der Waals surface area contributed by atoms with Gasteiger partial charge in [0.2, 0.25) is 11.1 Å². The molecule has 5 aromatic rings. The summed E-state index contributed by atoms with van der Waals surface area (Å²) in [6.07, 6.45) is 0. The number of phenols is 1. The number of nitrogens with zero attached hydrogens (tertiary/aromatic N) is 1. The van der Waals surface area contributed by atoms with E-state index in [9.17, 15) is 20.1 Å². The molecule has 0 aliphatic heterocycles. The smallest absolute Gasteiger partial charge is 0.346 e. The number of benzene rings is 4. The molecule has 5 rings (SSSR count). The molecule has 0 bridgehead atoms. The number of ketones is 1. The van der Waals surface area contributed by atoms with E-state index in [1.54, 1.807) is 13.8 Å². The molecular formula is C36H29ClNO6P. The van der Waals surface area contributed by atoms with Gasteiger partial charge in [0.25, 0.3) is 0 Å². The zero-order chi connectivity index (χ0) is 32.0. The van der Waals surface area contributed by atoms with Gasteiger partial charge in [-0.15, -0.1) is 0 Å². The summed E-state index contributed by atoms with van der Waals surface area (Å²) in [5, 5.41) is 24.1. The number of rotatable bonds is 11. The third kappa shape index (κ3) is 5.82. The van der Waals surface area contributed by atoms with Gasteiger partial charge >= 0.3 is 11.9 Å². The SMILES string of the molecule is CCOC(=O)c1c(C(=C=[N-])C(=O)c2cc(Cl)ccc2O)oc(OCC)c1[P+](c1ccccc1)(c1ccccc1)c1ccccc1. The number of halogens is 1. The van der Waals surface area contributed by atoms with Crippen LogP contribution < -0.4 is 26.0 Å². The van der Waals surface area contributed by atoms with E-state index in [0.717, 1.165) is 15.9 Å². The third-order valence-corrected chi connectivity index (χ3v) is 11.7. The maximum Gasteiger partial charge on any atom is 0.346 e. The molecule has 0 saturated heterocycles. The summed E-state index contributed by atoms with van der Waals surface area (Å²) in [4.78, 5) is 28.0. The molecule has 0 radical (unpaired) electrons. The third-order valence-electron chi connectivity index (χ3n) is 7.14. The van der Waals surface area contributed by atoms with Crippen LogP contribution in [-0.2, 0) is 4.74 Å². The molecule has 4 aromatic carbocycles. The molecule has 9 heteroatoms. The maximum absolute atomic E-state index is 14.1. The number of phenolic OH excluding ortho intramolecular Hbond substituents is 1. The molecule has 1 aromatic heterocycles. The average Bonchev–Trinajstić information content (AvgIpc) is 3.43. The Labute approximate surface area is 266 Å². The highest BCUT2D eigenvalue weighted by atomic mass is 35.5. The van der Waals surface area contributed by atoms with E-state index < -0.39 is 24.6 Å². The molecule has 226 valence electrons. The van der Waals surface area contributed by atoms with Crippen LogP contribution in [0.1, 0.15) is 40.3 Å². The minimum atomic E-state index is -3.06. The first-order valence-electron chi connectivity index (χ1n) is 14.2. The van der Waals surface area contributed by atoms with E-state index in [4.69, 9.17) is 25.5 Å². The highest BCUT2D eigenvalue weighted by Gasteiger charge is 2.56. The topological polar surface area (TPSA) is 108 Å². The quantitative estimate of drug-likeness (QED) is 0.0596. The van der Waals surface area contributed by atoms with E-state index in [1.165, 1.54) is 18.2 Å². The van der Waals surface area contributed by atoms with Crippen molar-refractivity contribution in [3.8, 4) is 11.7 Å². The summed E-state index contributed by atoms with van der Waals surface area (Å²) in [7, 11) is -3.06. The molecule has 0 atom stereocenters. The van der Waals surface area contributed by atoms with Gasteiger partial charge in [-0.2, -0.15) is 0 Å². The molecule has 0 fully saturated rings. The van der Waals surface area contributed by atoms with Gasteiger partial charge in [-0.25, -0.2) is 4.79 Å². The van der Waals surface area contributed by atoms with Gasteiger partial charge in [-0.1, -0.05) is 66.2 Å². The molecule has 0 aliphatic carbocycles. The number of carbonyl (C=O) groups excluding carboxylic acids is 2. The normalized spacial score (nSPS) is 11.0. The number of hydrogen-bond acceptors (Lipinski definition) is 6. The Morgan fingerprint density at radius 2 is 1.38 bits per heavy atom. The minimum Gasteiger partial charge on any atom is -0.763 e. The Kier molecular flexibility index (Phi) is 9.65. The van der Waals surface area contributed by atoms with Crippen molar-refractivity contribution in [2.24, 2.45) is 0 Å². The fourth-order valence-corrected chi connectivity index (χ4v) is 9.93. The zero-order valence-corrected chi connectivity index (χ0v) is 26.2. The number of Topliss-reactive ketones (excluding diaryl/α,β-unsaturated/α-hetero) is 1. The summed E-state index contributed by atoms with van der Waals surface area (Å²) in [5.74, 6) is -0.464. The summed E-state index contributed by atoms with van der Waals surface area (Å²) >= 11 is 6.14. The van der Waals surface area contributed by atoms with Gasteiger partial charge in [0.05, 0.1) is 24.4 Å². The predicted molar refractivity (Wildman–Crippen MR) is 180 cm³/mol. The van der Waals surface area contributed by atoms with Gasteiger partial charge in [0.15, 0.2) is 18.6 Å². The van der Waals surface area contributed by atoms with Crippen molar-refractivity contribution in [3.63, 3.8) is 0 Å². The van der Waals surface area contributed by atoms with Crippen molar-refractivity contribution >= 4 is 63.3 Å². The van der Waals surface area contributed by atoms with Crippen LogP contribution in [0.4, 0.5) is 0 Å². The minimum absolute atomic E-state index is 0.0173. The van der Waals surface area contributed by atoms with Crippen LogP contribution >= 0.6 is 18.9 Å². The number of carbonyl (C=O) groups is 2. The van der Waals surface area contributed by atoms with E-state index in [0.29, 0.717) is 5.30 Å². The largest absolute Gasteiger partial charge is 0.763 e. The standard InChI is InChI=1S/C36H29ClNO6P/c1-3-42-35(41)31-33(29(23-38)32(40)28-22-24(37)20-21-30(28)39)44-36(43-4-2)34(31)45(25-14-8-5-9-15-25,26-16-10-6-11-17-26)27-18-12-7-13-19-27/h5-22,39H,3-4H2,1-2H3. The molecule has 0 aliphatic rings. The average molecular weight is 638 g/mol. The van der Waals surface area contributed by atoms with Gasteiger partial charge in [0, 0.05) is 5.02 Å². The van der Waals surface area contributed by atoms with Crippen molar-refractivity contribution in [1.29, 1.82) is 0 Å². The van der Waals surface area contributed by atoms with Crippen molar-refractivity contribution < 1.29 is 28.6 Å². The van der Waals surface area contributed by atoms with Crippen LogP contribution in [0, 0.1) is 0 Å². The number of ether oxygens (including phenoxy) is 2. The summed E-state index contributed by atoms with van der Waals surface area (Å²) in [6.45, 7) is 3.61. The molecule has 45 heavy (non-hydrogen) atoms. The molecule has 0 unspecified atom stereocenters. The van der Waals surface area contributed by atoms with Crippen LogP contribution in [0.3, 0.4) is 0 Å². The first-order valence-corrected chi connectivity index (χ1v) is 16.4. The van der Waals surface area contributed by atoms with Crippen molar-refractivity contribution in [1.82, 2.24) is 0 Å². The maximum atomic E-state index is 14.1. The molecule has 1 heterocycles. The van der Waals surface area contributed by atoms with Crippen LogP contribution in [0.5, 0.6) is 11.7 Å². The van der Waals surface area contributed by atoms with Crippen LogP contribution in [0.15, 0.2) is 114 Å². The van der Waals surface area contributed by atoms with Gasteiger partial charge in [0.1, 0.15) is 21.7 Å². The molecule has 1 N–H and O–H groups in total. The molecule has 0 saturated carbocycles. The molecular weight excluding hydrogens is 609 g/mol. The summed E-state index contributed by atoms with van der Waals surface area (Å²) in [6, 6.07) is 33.0. The highest BCUT2D eigenvalue weighted by Crippen LogP contribution is 2.58. The van der Waals surface area contributed by atoms with E-state index in [2.05, 4.69) is 0 Å². The van der Waals surface area contributed by atoms with E-state index >= 15 is 0 Å². The number of furan rings is 1. The first kappa shape index (κ1) is 31.5. The lowest BCUT2D eigenvalue weighted by Gasteiger charge is -2.27. The predicted octanol–water partition coefficient (Wildman–Crippen LogP) is 6.34. The van der Waals surface area contributed by atoms with Crippen molar-refractivity contribution in [3.05, 3.63) is 137 Å². The van der Waals surface area contributed by atoms with Gasteiger partial charge in [-0.3, -0.25) is 10.7 Å². The lowest BCUT2D eigenvalue weighted by atomic mass is 9.99. The fourth-order valence-electron chi connectivity index (χ4n) is 5.32. The van der Waals surface area contributed by atoms with E-state index in [-0.39, 0.29) is 46.8 Å². The first-order chi connectivity index (χ1) is 21.9. The lowest BCUT2D eigenvalue weighted by Crippen LogP contribution is -2.41. The highest BCUT2D eigenvalue weighted by molar-refractivity contribution is 8.01. The van der Waals surface area contributed by atoms with Crippen LogP contribution in [0.2, 0.25) is 5.02 Å². The molecule has 0 spiro atoms. The zero-order valence-electron chi connectivity index (χ0n) is 24.6. The Morgan fingerprint density at radius 3 is 1.84 bits per heavy atom. The number of hydrogen-bond donors (Lipinski definition) is 1. The molecule has 0 amide bonds. The summed E-state index contributed by atoms with van der Waals surface area (Å²) < 4.78 is 18.0. The van der Waals surface area contributed by atoms with Crippen molar-refractivity contribution in [2.75, 3.05) is 13.2 Å². The number of aromatic hydroxyl groups is 1. The second-order valence-corrected chi connectivity index (χ2v) is 13.5. The number of allylic oxidation sites excluding steroid dienone is 1. The Hall–Kier alpha value is -4.93.